The summed E-state index contributed by atoms with van der Waals surface area (Å²) in [6, 6.07) is 0. The van der Waals surface area contributed by atoms with Gasteiger partial charge in [-0.2, -0.15) is 0 Å². The SMILES string of the molecule is CC1CC2C3=C(CCC3)C3=C(CCC3)C2C1CNC(C)(C)C. The summed E-state index contributed by atoms with van der Waals surface area (Å²) in [6.45, 7) is 10.7. The van der Waals surface area contributed by atoms with E-state index >= 15 is 0 Å². The summed E-state index contributed by atoms with van der Waals surface area (Å²) in [7, 11) is 0. The summed E-state index contributed by atoms with van der Waals surface area (Å²) < 4.78 is 0. The smallest absolute Gasteiger partial charge is 0.00966 e. The number of hydrogen-bond acceptors (Lipinski definition) is 1. The number of nitrogens with one attached hydrogen (secondary N) is 1. The molecule has 4 unspecified atom stereocenters. The molecule has 1 heteroatoms. The van der Waals surface area contributed by atoms with E-state index in [2.05, 4.69) is 33.0 Å². The van der Waals surface area contributed by atoms with Gasteiger partial charge in [-0.15, -0.1) is 0 Å². The Bertz CT molecular complexity index is 531. The summed E-state index contributed by atoms with van der Waals surface area (Å²) in [5.74, 6) is 3.55. The molecule has 4 aliphatic carbocycles. The fraction of sp³-hybridized carbons (Fsp3) is 0.810. The largest absolute Gasteiger partial charge is 0.312 e. The zero-order valence-corrected chi connectivity index (χ0v) is 15.0. The molecule has 0 bridgehead atoms. The number of fused-ring (bicyclic) bond motifs is 4. The van der Waals surface area contributed by atoms with E-state index in [4.69, 9.17) is 0 Å². The molecule has 0 heterocycles. The minimum Gasteiger partial charge on any atom is -0.312 e. The quantitative estimate of drug-likeness (QED) is 0.735. The Morgan fingerprint density at radius 1 is 0.955 bits per heavy atom. The molecule has 0 spiro atoms. The first-order valence-corrected chi connectivity index (χ1v) is 9.65. The predicted molar refractivity (Wildman–Crippen MR) is 93.8 cm³/mol. The Labute approximate surface area is 136 Å². The van der Waals surface area contributed by atoms with Crippen LogP contribution in [0.3, 0.4) is 0 Å². The summed E-state index contributed by atoms with van der Waals surface area (Å²) in [5, 5.41) is 3.83. The maximum Gasteiger partial charge on any atom is 0.00966 e. The summed E-state index contributed by atoms with van der Waals surface area (Å²) in [5.41, 5.74) is 7.78. The van der Waals surface area contributed by atoms with Crippen molar-refractivity contribution in [3.63, 3.8) is 0 Å². The Kier molecular flexibility index (Phi) is 3.56. The molecule has 0 aromatic rings. The predicted octanol–water partition coefficient (Wildman–Crippen LogP) is 5.24. The number of allylic oxidation sites excluding steroid dienone is 4. The van der Waals surface area contributed by atoms with Crippen LogP contribution in [0.1, 0.15) is 72.6 Å². The van der Waals surface area contributed by atoms with E-state index in [9.17, 15) is 0 Å². The maximum absolute atomic E-state index is 3.83. The van der Waals surface area contributed by atoms with Gasteiger partial charge in [0, 0.05) is 5.54 Å². The topological polar surface area (TPSA) is 12.0 Å². The lowest BCUT2D eigenvalue weighted by Gasteiger charge is -2.35. The molecule has 0 aromatic heterocycles. The lowest BCUT2D eigenvalue weighted by Crippen LogP contribution is -2.41. The van der Waals surface area contributed by atoms with E-state index in [1.807, 2.05) is 22.3 Å². The Balaban J connectivity index is 1.65. The van der Waals surface area contributed by atoms with Crippen LogP contribution in [0.2, 0.25) is 0 Å². The highest BCUT2D eigenvalue weighted by Crippen LogP contribution is 2.59. The molecule has 22 heavy (non-hydrogen) atoms. The van der Waals surface area contributed by atoms with Crippen LogP contribution in [0.4, 0.5) is 0 Å². The fourth-order valence-electron chi connectivity index (χ4n) is 5.99. The second kappa shape index (κ2) is 5.23. The van der Waals surface area contributed by atoms with Crippen molar-refractivity contribution in [3.05, 3.63) is 22.3 Å². The van der Waals surface area contributed by atoms with Gasteiger partial charge in [0.25, 0.3) is 0 Å². The van der Waals surface area contributed by atoms with Gasteiger partial charge < -0.3 is 5.32 Å². The van der Waals surface area contributed by atoms with E-state index in [-0.39, 0.29) is 5.54 Å². The van der Waals surface area contributed by atoms with Crippen molar-refractivity contribution in [1.82, 2.24) is 5.32 Å². The minimum atomic E-state index is 0.247. The summed E-state index contributed by atoms with van der Waals surface area (Å²) in [4.78, 5) is 0. The van der Waals surface area contributed by atoms with Gasteiger partial charge in [0.1, 0.15) is 0 Å². The average Bonchev–Trinajstić information content (AvgIpc) is 3.11. The van der Waals surface area contributed by atoms with Crippen molar-refractivity contribution in [1.29, 1.82) is 0 Å². The molecule has 1 saturated carbocycles. The first kappa shape index (κ1) is 15.0. The first-order valence-electron chi connectivity index (χ1n) is 9.65. The van der Waals surface area contributed by atoms with Gasteiger partial charge in [-0.05, 0) is 107 Å². The molecule has 0 saturated heterocycles. The van der Waals surface area contributed by atoms with E-state index < -0.39 is 0 Å². The van der Waals surface area contributed by atoms with Gasteiger partial charge in [-0.25, -0.2) is 0 Å². The van der Waals surface area contributed by atoms with Gasteiger partial charge in [-0.1, -0.05) is 18.1 Å². The molecule has 4 atom stereocenters. The van der Waals surface area contributed by atoms with Crippen molar-refractivity contribution >= 4 is 0 Å². The van der Waals surface area contributed by atoms with E-state index in [1.54, 1.807) is 0 Å². The molecule has 1 fully saturated rings. The molecule has 1 nitrogen and oxygen atoms in total. The van der Waals surface area contributed by atoms with Crippen LogP contribution in [0.5, 0.6) is 0 Å². The van der Waals surface area contributed by atoms with Crippen LogP contribution in [0, 0.1) is 23.7 Å². The van der Waals surface area contributed by atoms with Crippen LogP contribution >= 0.6 is 0 Å². The van der Waals surface area contributed by atoms with Crippen molar-refractivity contribution in [2.24, 2.45) is 23.7 Å². The highest BCUT2D eigenvalue weighted by atomic mass is 14.9. The van der Waals surface area contributed by atoms with Crippen LogP contribution in [-0.2, 0) is 0 Å². The molecule has 0 amide bonds. The Morgan fingerprint density at radius 2 is 1.59 bits per heavy atom. The minimum absolute atomic E-state index is 0.247. The third-order valence-electron chi connectivity index (χ3n) is 6.85. The van der Waals surface area contributed by atoms with E-state index in [1.165, 1.54) is 51.5 Å². The van der Waals surface area contributed by atoms with Gasteiger partial charge >= 0.3 is 0 Å². The lowest BCUT2D eigenvalue weighted by molar-refractivity contribution is 0.285. The van der Waals surface area contributed by atoms with Gasteiger partial charge in [-0.3, -0.25) is 0 Å². The van der Waals surface area contributed by atoms with E-state index in [0.29, 0.717) is 0 Å². The molecule has 0 radical (unpaired) electrons. The second-order valence-electron chi connectivity index (χ2n) is 9.35. The molecule has 4 aliphatic rings. The molecular weight excluding hydrogens is 266 g/mol. The van der Waals surface area contributed by atoms with Crippen LogP contribution in [-0.4, -0.2) is 12.1 Å². The Hall–Kier alpha value is -0.560. The third kappa shape index (κ3) is 2.31. The summed E-state index contributed by atoms with van der Waals surface area (Å²) >= 11 is 0. The first-order chi connectivity index (χ1) is 10.5. The average molecular weight is 300 g/mol. The van der Waals surface area contributed by atoms with Gasteiger partial charge in [0.05, 0.1) is 0 Å². The van der Waals surface area contributed by atoms with Gasteiger partial charge in [0.15, 0.2) is 0 Å². The van der Waals surface area contributed by atoms with Crippen molar-refractivity contribution in [2.45, 2.75) is 78.2 Å². The standard InChI is InChI=1S/C21H33N/c1-13-11-18-16-9-5-7-14(16)15-8-6-10-17(15)20(18)19(13)12-22-21(2,3)4/h13,18-20,22H,5-12H2,1-4H3. The highest BCUT2D eigenvalue weighted by Gasteiger charge is 2.49. The molecule has 1 N–H and O–H groups in total. The molecule has 0 aromatic carbocycles. The maximum atomic E-state index is 3.83. The summed E-state index contributed by atoms with van der Waals surface area (Å²) in [6.07, 6.45) is 9.94. The van der Waals surface area contributed by atoms with E-state index in [0.717, 1.165) is 23.7 Å². The third-order valence-corrected chi connectivity index (χ3v) is 6.85. The molecule has 0 aliphatic heterocycles. The lowest BCUT2D eigenvalue weighted by atomic mass is 9.71. The van der Waals surface area contributed by atoms with Crippen LogP contribution in [0.25, 0.3) is 0 Å². The molecule has 4 rings (SSSR count). The van der Waals surface area contributed by atoms with Gasteiger partial charge in [0.2, 0.25) is 0 Å². The number of rotatable bonds is 2. The van der Waals surface area contributed by atoms with Crippen molar-refractivity contribution in [3.8, 4) is 0 Å². The van der Waals surface area contributed by atoms with Crippen molar-refractivity contribution in [2.75, 3.05) is 6.54 Å². The molecule has 122 valence electrons. The number of hydrogen-bond donors (Lipinski definition) is 1. The van der Waals surface area contributed by atoms with Crippen LogP contribution in [0.15, 0.2) is 22.3 Å². The zero-order chi connectivity index (χ0) is 15.5. The monoisotopic (exact) mass is 299 g/mol. The van der Waals surface area contributed by atoms with Crippen LogP contribution < -0.4 is 5.32 Å². The highest BCUT2D eigenvalue weighted by molar-refractivity contribution is 5.50. The Morgan fingerprint density at radius 3 is 2.27 bits per heavy atom. The molecular formula is C21H33N. The zero-order valence-electron chi connectivity index (χ0n) is 15.0. The second-order valence-corrected chi connectivity index (χ2v) is 9.35. The fourth-order valence-corrected chi connectivity index (χ4v) is 5.99. The normalized spacial score (nSPS) is 37.6. The van der Waals surface area contributed by atoms with Crippen molar-refractivity contribution < 1.29 is 0 Å².